The molecule has 2 aromatic carbocycles. The van der Waals surface area contributed by atoms with Gasteiger partial charge in [-0.05, 0) is 24.5 Å². The second-order valence-corrected chi connectivity index (χ2v) is 6.27. The number of anilines is 1. The molecule has 0 atom stereocenters. The molecule has 1 fully saturated rings. The van der Waals surface area contributed by atoms with Crippen LogP contribution in [0.3, 0.4) is 0 Å². The average Bonchev–Trinajstić information content (AvgIpc) is 2.69. The Hall–Kier alpha value is -2.17. The summed E-state index contributed by atoms with van der Waals surface area (Å²) in [6, 6.07) is 18.1. The summed E-state index contributed by atoms with van der Waals surface area (Å²) < 4.78 is 11.2. The van der Waals surface area contributed by atoms with Crippen molar-refractivity contribution in [1.82, 2.24) is 0 Å². The van der Waals surface area contributed by atoms with E-state index in [-0.39, 0.29) is 12.0 Å². The molecule has 0 aromatic heterocycles. The molecular weight excluding hydrogens is 314 g/mol. The number of para-hydroxylation sites is 1. The van der Waals surface area contributed by atoms with Crippen molar-refractivity contribution < 1.29 is 14.3 Å². The van der Waals surface area contributed by atoms with Gasteiger partial charge in [-0.3, -0.25) is 4.79 Å². The second kappa shape index (κ2) is 8.79. The van der Waals surface area contributed by atoms with E-state index >= 15 is 0 Å². The number of carbonyl (C=O) groups is 1. The van der Waals surface area contributed by atoms with E-state index in [4.69, 9.17) is 9.47 Å². The molecule has 1 amide bonds. The van der Waals surface area contributed by atoms with Gasteiger partial charge in [0.25, 0.3) is 0 Å². The zero-order valence-electron chi connectivity index (χ0n) is 14.7. The topological polar surface area (TPSA) is 38.8 Å². The van der Waals surface area contributed by atoms with Crippen molar-refractivity contribution in [3.8, 4) is 11.1 Å². The van der Waals surface area contributed by atoms with E-state index in [1.807, 2.05) is 49.5 Å². The Balaban J connectivity index is 1.62. The van der Waals surface area contributed by atoms with Gasteiger partial charge in [-0.1, -0.05) is 48.5 Å². The summed E-state index contributed by atoms with van der Waals surface area (Å²) in [4.78, 5) is 14.3. The highest BCUT2D eigenvalue weighted by molar-refractivity contribution is 5.97. The molecule has 0 saturated carbocycles. The lowest BCUT2D eigenvalue weighted by molar-refractivity contribution is -0.120. The van der Waals surface area contributed by atoms with Crippen molar-refractivity contribution in [2.45, 2.75) is 25.4 Å². The number of hydrogen-bond acceptors (Lipinski definition) is 3. The third kappa shape index (κ3) is 4.68. The normalized spacial score (nSPS) is 15.1. The smallest absolute Gasteiger partial charge is 0.229 e. The molecule has 1 aliphatic rings. The zero-order valence-corrected chi connectivity index (χ0v) is 14.7. The Morgan fingerprint density at radius 2 is 1.76 bits per heavy atom. The lowest BCUT2D eigenvalue weighted by atomic mass is 10.0. The average molecular weight is 339 g/mol. The first-order valence-electron chi connectivity index (χ1n) is 8.86. The molecule has 2 aromatic rings. The first-order chi connectivity index (χ1) is 12.3. The van der Waals surface area contributed by atoms with Crippen LogP contribution in [0, 0.1) is 0 Å². The number of benzene rings is 2. The zero-order chi connectivity index (χ0) is 17.5. The van der Waals surface area contributed by atoms with E-state index in [2.05, 4.69) is 12.1 Å². The first-order valence-corrected chi connectivity index (χ1v) is 8.86. The predicted octanol–water partition coefficient (Wildman–Crippen LogP) is 3.90. The predicted molar refractivity (Wildman–Crippen MR) is 99.7 cm³/mol. The van der Waals surface area contributed by atoms with E-state index < -0.39 is 0 Å². The lowest BCUT2D eigenvalue weighted by Crippen LogP contribution is -2.29. The van der Waals surface area contributed by atoms with Gasteiger partial charge in [0.1, 0.15) is 0 Å². The molecule has 0 N–H and O–H groups in total. The minimum Gasteiger partial charge on any atom is -0.381 e. The fraction of sp³-hybridized carbons (Fsp3) is 0.381. The summed E-state index contributed by atoms with van der Waals surface area (Å²) >= 11 is 0. The van der Waals surface area contributed by atoms with Crippen molar-refractivity contribution in [1.29, 1.82) is 0 Å². The monoisotopic (exact) mass is 339 g/mol. The van der Waals surface area contributed by atoms with Crippen molar-refractivity contribution in [3.05, 3.63) is 54.6 Å². The maximum absolute atomic E-state index is 12.6. The van der Waals surface area contributed by atoms with Crippen LogP contribution in [0.4, 0.5) is 5.69 Å². The summed E-state index contributed by atoms with van der Waals surface area (Å²) in [5, 5.41) is 0. The van der Waals surface area contributed by atoms with Crippen LogP contribution in [0.15, 0.2) is 54.6 Å². The van der Waals surface area contributed by atoms with Gasteiger partial charge < -0.3 is 14.4 Å². The molecule has 132 valence electrons. The number of ether oxygens (including phenoxy) is 2. The summed E-state index contributed by atoms with van der Waals surface area (Å²) in [5.74, 6) is 0.0652. The summed E-state index contributed by atoms with van der Waals surface area (Å²) in [6.07, 6.45) is 2.45. The van der Waals surface area contributed by atoms with Gasteiger partial charge in [0, 0.05) is 25.8 Å². The Bertz CT molecular complexity index is 681. The van der Waals surface area contributed by atoms with E-state index in [1.165, 1.54) is 0 Å². The Morgan fingerprint density at radius 3 is 2.52 bits per heavy atom. The minimum absolute atomic E-state index is 0.0652. The third-order valence-corrected chi connectivity index (χ3v) is 4.56. The van der Waals surface area contributed by atoms with Crippen LogP contribution in [0.2, 0.25) is 0 Å². The minimum atomic E-state index is 0.0652. The Kier molecular flexibility index (Phi) is 6.20. The van der Waals surface area contributed by atoms with Gasteiger partial charge in [-0.2, -0.15) is 0 Å². The van der Waals surface area contributed by atoms with E-state index in [0.717, 1.165) is 42.9 Å². The molecule has 25 heavy (non-hydrogen) atoms. The summed E-state index contributed by atoms with van der Waals surface area (Å²) in [7, 11) is 1.83. The van der Waals surface area contributed by atoms with Crippen molar-refractivity contribution in [3.63, 3.8) is 0 Å². The quantitative estimate of drug-likeness (QED) is 0.801. The highest BCUT2D eigenvalue weighted by Crippen LogP contribution is 2.30. The van der Waals surface area contributed by atoms with Crippen LogP contribution in [0.25, 0.3) is 11.1 Å². The SMILES string of the molecule is CN(C(=O)CCOC1CCOCC1)c1ccccc1-c1ccccc1. The van der Waals surface area contributed by atoms with Crippen molar-refractivity contribution in [2.24, 2.45) is 0 Å². The standard InChI is InChI=1S/C21H25NO3/c1-22(21(23)13-16-25-18-11-14-24-15-12-18)20-10-6-5-9-19(20)17-7-3-2-4-8-17/h2-10,18H,11-16H2,1H3. The molecule has 0 bridgehead atoms. The van der Waals surface area contributed by atoms with Crippen LogP contribution in [-0.2, 0) is 14.3 Å². The first kappa shape index (κ1) is 17.6. The second-order valence-electron chi connectivity index (χ2n) is 6.27. The number of nitrogens with zero attached hydrogens (tertiary/aromatic N) is 1. The highest BCUT2D eigenvalue weighted by Gasteiger charge is 2.17. The molecule has 0 radical (unpaired) electrons. The Labute approximate surface area is 149 Å². The molecule has 4 heteroatoms. The van der Waals surface area contributed by atoms with Gasteiger partial charge >= 0.3 is 0 Å². The molecule has 0 unspecified atom stereocenters. The van der Waals surface area contributed by atoms with Crippen LogP contribution in [0.1, 0.15) is 19.3 Å². The molecule has 0 spiro atoms. The molecule has 3 rings (SSSR count). The summed E-state index contributed by atoms with van der Waals surface area (Å²) in [6.45, 7) is 1.97. The van der Waals surface area contributed by atoms with E-state index in [9.17, 15) is 4.79 Å². The largest absolute Gasteiger partial charge is 0.381 e. The van der Waals surface area contributed by atoms with Crippen LogP contribution < -0.4 is 4.90 Å². The fourth-order valence-corrected chi connectivity index (χ4v) is 3.09. The van der Waals surface area contributed by atoms with Gasteiger partial charge in [0.2, 0.25) is 5.91 Å². The van der Waals surface area contributed by atoms with E-state index in [1.54, 1.807) is 4.90 Å². The highest BCUT2D eigenvalue weighted by atomic mass is 16.5. The maximum Gasteiger partial charge on any atom is 0.229 e. The number of amides is 1. The molecule has 1 saturated heterocycles. The van der Waals surface area contributed by atoms with Crippen LogP contribution in [0.5, 0.6) is 0 Å². The van der Waals surface area contributed by atoms with Gasteiger partial charge in [-0.25, -0.2) is 0 Å². The van der Waals surface area contributed by atoms with Crippen LogP contribution in [-0.4, -0.2) is 38.9 Å². The van der Waals surface area contributed by atoms with E-state index in [0.29, 0.717) is 13.0 Å². The van der Waals surface area contributed by atoms with Crippen molar-refractivity contribution >= 4 is 11.6 Å². The number of carbonyl (C=O) groups excluding carboxylic acids is 1. The number of rotatable bonds is 6. The number of hydrogen-bond donors (Lipinski definition) is 0. The fourth-order valence-electron chi connectivity index (χ4n) is 3.09. The Morgan fingerprint density at radius 1 is 1.08 bits per heavy atom. The summed E-state index contributed by atoms with van der Waals surface area (Å²) in [5.41, 5.74) is 3.09. The maximum atomic E-state index is 12.6. The molecular formula is C21H25NO3. The molecule has 4 nitrogen and oxygen atoms in total. The van der Waals surface area contributed by atoms with Gasteiger partial charge in [0.15, 0.2) is 0 Å². The lowest BCUT2D eigenvalue weighted by Gasteiger charge is -2.24. The third-order valence-electron chi connectivity index (χ3n) is 4.56. The molecule has 0 aliphatic carbocycles. The van der Waals surface area contributed by atoms with Gasteiger partial charge in [0.05, 0.1) is 24.8 Å². The van der Waals surface area contributed by atoms with Gasteiger partial charge in [-0.15, -0.1) is 0 Å². The molecule has 1 aliphatic heterocycles. The van der Waals surface area contributed by atoms with Crippen LogP contribution >= 0.6 is 0 Å². The van der Waals surface area contributed by atoms with Crippen molar-refractivity contribution in [2.75, 3.05) is 31.8 Å². The molecule has 1 heterocycles.